The van der Waals surface area contributed by atoms with Crippen LogP contribution in [0.15, 0.2) is 0 Å². The van der Waals surface area contributed by atoms with Gasteiger partial charge >= 0.3 is 0 Å². The molecule has 3 heteroatoms. The van der Waals surface area contributed by atoms with Crippen LogP contribution in [0.3, 0.4) is 0 Å². The Morgan fingerprint density at radius 2 is 2.10 bits per heavy atom. The molecule has 0 N–H and O–H groups in total. The molecule has 1 atom stereocenters. The van der Waals surface area contributed by atoms with Crippen LogP contribution in [0.5, 0.6) is 0 Å². The Morgan fingerprint density at radius 3 is 2.40 bits per heavy atom. The second-order valence-electron chi connectivity index (χ2n) is 3.17. The van der Waals surface area contributed by atoms with E-state index in [0.29, 0.717) is 0 Å². The van der Waals surface area contributed by atoms with E-state index in [1.165, 1.54) is 0 Å². The molecule has 0 saturated heterocycles. The summed E-state index contributed by atoms with van der Waals surface area (Å²) < 4.78 is 5.36. The molecule has 0 saturated carbocycles. The van der Waals surface area contributed by atoms with E-state index < -0.39 is 0 Å². The predicted octanol–water partition coefficient (Wildman–Crippen LogP) is 1.47. The molecule has 0 aromatic rings. The van der Waals surface area contributed by atoms with E-state index in [0.717, 1.165) is 23.3 Å². The molecular weight excluding hydrogens is 164 g/mol. The minimum absolute atomic E-state index is 0.00531. The average Bonchev–Trinajstić information content (AvgIpc) is 1.87. The third-order valence-corrected chi connectivity index (χ3v) is 3.28. The van der Waals surface area contributed by atoms with Gasteiger partial charge in [0.1, 0.15) is 10.5 Å². The van der Waals surface area contributed by atoms with Crippen LogP contribution in [0.2, 0.25) is 0 Å². The Labute approximate surface area is 71.6 Å². The summed E-state index contributed by atoms with van der Waals surface area (Å²) in [6.07, 6.45) is 1.98. The van der Waals surface area contributed by atoms with Gasteiger partial charge in [-0.05, 0) is 26.7 Å². The molecule has 0 fully saturated rings. The normalized spacial score (nSPS) is 15.6. The van der Waals surface area contributed by atoms with Crippen LogP contribution in [0, 0.1) is 0 Å². The zero-order chi connectivity index (χ0) is 8.20. The maximum absolute atomic E-state index is 5.96. The Balaban J connectivity index is 3.64. The molecule has 0 bridgehead atoms. The van der Waals surface area contributed by atoms with E-state index >= 15 is 0 Å². The summed E-state index contributed by atoms with van der Waals surface area (Å²) in [6.45, 7) is 6.27. The average molecular weight is 181 g/mol. The molecule has 0 aliphatic rings. The Bertz CT molecular complexity index is 95.6. The zero-order valence-electron chi connectivity index (χ0n) is 7.28. The van der Waals surface area contributed by atoms with E-state index in [2.05, 4.69) is 20.8 Å². The van der Waals surface area contributed by atoms with Crippen molar-refractivity contribution in [3.05, 3.63) is 0 Å². The van der Waals surface area contributed by atoms with Crippen LogP contribution in [0.4, 0.5) is 0 Å². The predicted molar refractivity (Wildman–Crippen MR) is 49.7 cm³/mol. The summed E-state index contributed by atoms with van der Waals surface area (Å²) in [6, 6.07) is 0. The fourth-order valence-corrected chi connectivity index (χ4v) is 1.30. The van der Waals surface area contributed by atoms with Gasteiger partial charge in [0.25, 0.3) is 0 Å². The lowest BCUT2D eigenvalue weighted by Gasteiger charge is -2.25. The second kappa shape index (κ2) is 4.37. The SMILES string of the molecule is CCC(Cl)CC(C)(C)O[SiH3]. The van der Waals surface area contributed by atoms with Gasteiger partial charge in [-0.2, -0.15) is 0 Å². The van der Waals surface area contributed by atoms with Crippen molar-refractivity contribution in [2.75, 3.05) is 0 Å². The zero-order valence-corrected chi connectivity index (χ0v) is 10.0. The molecule has 1 nitrogen and oxygen atoms in total. The number of hydrogen-bond donors (Lipinski definition) is 0. The van der Waals surface area contributed by atoms with Gasteiger partial charge in [-0.1, -0.05) is 6.92 Å². The summed E-state index contributed by atoms with van der Waals surface area (Å²) in [7, 11) is 0.797. The molecule has 1 unspecified atom stereocenters. The molecule has 0 aromatic carbocycles. The molecule has 0 amide bonds. The molecule has 10 heavy (non-hydrogen) atoms. The first kappa shape index (κ1) is 10.5. The summed E-state index contributed by atoms with van der Waals surface area (Å²) >= 11 is 5.96. The molecule has 62 valence electrons. The topological polar surface area (TPSA) is 9.23 Å². The first-order valence-corrected chi connectivity index (χ1v) is 4.96. The second-order valence-corrected chi connectivity index (χ2v) is 4.20. The maximum Gasteiger partial charge on any atom is 0.146 e. The van der Waals surface area contributed by atoms with Crippen molar-refractivity contribution in [2.24, 2.45) is 0 Å². The first-order chi connectivity index (χ1) is 4.52. The molecule has 0 heterocycles. The van der Waals surface area contributed by atoms with E-state index in [1.54, 1.807) is 0 Å². The fourth-order valence-electron chi connectivity index (χ4n) is 0.761. The van der Waals surface area contributed by atoms with Crippen LogP contribution in [-0.2, 0) is 4.43 Å². The first-order valence-electron chi connectivity index (χ1n) is 3.71. The minimum Gasteiger partial charge on any atom is -0.423 e. The lowest BCUT2D eigenvalue weighted by atomic mass is 10.0. The fraction of sp³-hybridized carbons (Fsp3) is 1.00. The van der Waals surface area contributed by atoms with Crippen molar-refractivity contribution >= 4 is 22.1 Å². The molecule has 0 aliphatic heterocycles. The summed E-state index contributed by atoms with van der Waals surface area (Å²) in [5.74, 6) is 0. The smallest absolute Gasteiger partial charge is 0.146 e. The van der Waals surface area contributed by atoms with Crippen molar-refractivity contribution in [3.63, 3.8) is 0 Å². The molecule has 0 aromatic heterocycles. The van der Waals surface area contributed by atoms with E-state index in [1.807, 2.05) is 0 Å². The molecule has 0 radical (unpaired) electrons. The van der Waals surface area contributed by atoms with E-state index in [9.17, 15) is 0 Å². The van der Waals surface area contributed by atoms with Gasteiger partial charge in [0.05, 0.1) is 5.60 Å². The van der Waals surface area contributed by atoms with Gasteiger partial charge < -0.3 is 4.43 Å². The van der Waals surface area contributed by atoms with Gasteiger partial charge in [0, 0.05) is 5.38 Å². The number of rotatable bonds is 4. The van der Waals surface area contributed by atoms with E-state index in [-0.39, 0.29) is 11.0 Å². The van der Waals surface area contributed by atoms with Crippen molar-refractivity contribution in [3.8, 4) is 0 Å². The van der Waals surface area contributed by atoms with Crippen LogP contribution >= 0.6 is 11.6 Å². The van der Waals surface area contributed by atoms with Crippen molar-refractivity contribution in [2.45, 2.75) is 44.6 Å². The van der Waals surface area contributed by atoms with Crippen LogP contribution in [0.25, 0.3) is 0 Å². The number of hydrogen-bond acceptors (Lipinski definition) is 1. The summed E-state index contributed by atoms with van der Waals surface area (Å²) in [5, 5.41) is 0.268. The standard InChI is InChI=1S/C7H17ClOSi/c1-4-6(8)5-7(2,3)9-10/h6H,4-5H2,1-3,10H3. The largest absolute Gasteiger partial charge is 0.423 e. The quantitative estimate of drug-likeness (QED) is 0.471. The highest BCUT2D eigenvalue weighted by molar-refractivity contribution is 6.20. The molecule has 0 spiro atoms. The molecular formula is C7H17ClOSi. The van der Waals surface area contributed by atoms with Gasteiger partial charge in [0.2, 0.25) is 0 Å². The number of halogens is 1. The maximum atomic E-state index is 5.96. The monoisotopic (exact) mass is 180 g/mol. The van der Waals surface area contributed by atoms with Crippen molar-refractivity contribution in [1.82, 2.24) is 0 Å². The van der Waals surface area contributed by atoms with Crippen LogP contribution in [0.1, 0.15) is 33.6 Å². The van der Waals surface area contributed by atoms with Gasteiger partial charge in [-0.25, -0.2) is 0 Å². The van der Waals surface area contributed by atoms with Crippen LogP contribution < -0.4 is 0 Å². The van der Waals surface area contributed by atoms with Gasteiger partial charge in [-0.3, -0.25) is 0 Å². The number of alkyl halides is 1. The van der Waals surface area contributed by atoms with Gasteiger partial charge in [0.15, 0.2) is 0 Å². The van der Waals surface area contributed by atoms with Gasteiger partial charge in [-0.15, -0.1) is 11.6 Å². The minimum atomic E-state index is -0.00531. The highest BCUT2D eigenvalue weighted by Gasteiger charge is 2.19. The Hall–Kier alpha value is 0.467. The lowest BCUT2D eigenvalue weighted by Crippen LogP contribution is -2.26. The van der Waals surface area contributed by atoms with Crippen molar-refractivity contribution in [1.29, 1.82) is 0 Å². The van der Waals surface area contributed by atoms with E-state index in [4.69, 9.17) is 16.0 Å². The summed E-state index contributed by atoms with van der Waals surface area (Å²) in [5.41, 5.74) is -0.00531. The Kier molecular flexibility index (Phi) is 4.57. The third-order valence-electron chi connectivity index (χ3n) is 1.71. The Morgan fingerprint density at radius 1 is 1.60 bits per heavy atom. The van der Waals surface area contributed by atoms with Crippen LogP contribution in [-0.4, -0.2) is 21.5 Å². The molecule has 0 rings (SSSR count). The lowest BCUT2D eigenvalue weighted by molar-refractivity contribution is 0.111. The highest BCUT2D eigenvalue weighted by atomic mass is 35.5. The summed E-state index contributed by atoms with van der Waals surface area (Å²) in [4.78, 5) is 0. The third kappa shape index (κ3) is 4.31. The van der Waals surface area contributed by atoms with Crippen molar-refractivity contribution < 1.29 is 4.43 Å². The molecule has 0 aliphatic carbocycles. The highest BCUT2D eigenvalue weighted by Crippen LogP contribution is 2.20.